The summed E-state index contributed by atoms with van der Waals surface area (Å²) in [6, 6.07) is 5.54. The van der Waals surface area contributed by atoms with E-state index >= 15 is 0 Å². The van der Waals surface area contributed by atoms with Crippen LogP contribution in [0, 0.1) is 0 Å². The zero-order valence-electron chi connectivity index (χ0n) is 11.2. The molecule has 0 fully saturated rings. The molecule has 0 aliphatic carbocycles. The third-order valence-electron chi connectivity index (χ3n) is 2.54. The van der Waals surface area contributed by atoms with Gasteiger partial charge in [0.05, 0.1) is 9.79 Å². The van der Waals surface area contributed by atoms with Gasteiger partial charge in [-0.05, 0) is 18.2 Å². The van der Waals surface area contributed by atoms with Crippen LogP contribution in [0.15, 0.2) is 40.1 Å². The maximum atomic E-state index is 11.1. The van der Waals surface area contributed by atoms with Crippen LogP contribution in [0.5, 0.6) is 0 Å². The molecule has 0 aromatic heterocycles. The second-order valence-electron chi connectivity index (χ2n) is 3.74. The first-order chi connectivity index (χ1) is 8.62. The fraction of sp³-hybridized carbons (Fsp3) is 0. The van der Waals surface area contributed by atoms with Crippen molar-refractivity contribution in [2.45, 2.75) is 9.79 Å². The molecule has 0 aliphatic heterocycles. The Labute approximate surface area is 166 Å². The van der Waals surface area contributed by atoms with E-state index in [0.717, 1.165) is 18.2 Å². The van der Waals surface area contributed by atoms with Crippen LogP contribution in [-0.2, 0) is 20.2 Å². The number of fused-ring (bicyclic) bond motifs is 1. The van der Waals surface area contributed by atoms with Gasteiger partial charge in [-0.25, -0.2) is 16.8 Å². The van der Waals surface area contributed by atoms with Gasteiger partial charge in [-0.3, -0.25) is 0 Å². The van der Waals surface area contributed by atoms with Crippen LogP contribution in [0.25, 0.3) is 10.8 Å². The first-order valence-electron chi connectivity index (χ1n) is 4.85. The van der Waals surface area contributed by atoms with Crippen LogP contribution in [-0.4, -0.2) is 25.9 Å². The number of nitrogens with two attached hydrogens (primary N) is 1. The average molecular weight is 347 g/mol. The van der Waals surface area contributed by atoms with Crippen LogP contribution < -0.4 is 64.8 Å². The topological polar surface area (TPSA) is 140 Å². The summed E-state index contributed by atoms with van der Waals surface area (Å²) < 4.78 is 66.9. The van der Waals surface area contributed by atoms with Crippen molar-refractivity contribution in [2.24, 2.45) is 0 Å². The summed E-state index contributed by atoms with van der Waals surface area (Å²) in [4.78, 5) is -1.57. The number of hydrogen-bond donors (Lipinski definition) is 1. The van der Waals surface area contributed by atoms with Crippen LogP contribution in [0.2, 0.25) is 0 Å². The van der Waals surface area contributed by atoms with Crippen LogP contribution in [0.4, 0.5) is 5.69 Å². The SMILES string of the molecule is Nc1ccc(S(=O)(=O)[O-])c2c(S(=O)(=O)[O-])cccc12.[Na+].[Na+]. The van der Waals surface area contributed by atoms with Gasteiger partial charge in [0.25, 0.3) is 0 Å². The van der Waals surface area contributed by atoms with Crippen molar-refractivity contribution >= 4 is 36.7 Å². The van der Waals surface area contributed by atoms with Gasteiger partial charge >= 0.3 is 59.1 Å². The Hall–Kier alpha value is 0.320. The van der Waals surface area contributed by atoms with Gasteiger partial charge in [-0.15, -0.1) is 0 Å². The van der Waals surface area contributed by atoms with Gasteiger partial charge in [0.2, 0.25) is 0 Å². The van der Waals surface area contributed by atoms with Crippen molar-refractivity contribution in [3.8, 4) is 0 Å². The molecule has 0 unspecified atom stereocenters. The maximum Gasteiger partial charge on any atom is 1.00 e. The van der Waals surface area contributed by atoms with Crippen LogP contribution in [0.1, 0.15) is 0 Å². The molecule has 2 aromatic rings. The van der Waals surface area contributed by atoms with E-state index in [9.17, 15) is 25.9 Å². The Balaban J connectivity index is 0.00000200. The van der Waals surface area contributed by atoms with E-state index in [-0.39, 0.29) is 70.2 Å². The van der Waals surface area contributed by atoms with Gasteiger partial charge in [0, 0.05) is 16.5 Å². The van der Waals surface area contributed by atoms with E-state index in [1.165, 1.54) is 12.1 Å². The molecule has 11 heteroatoms. The zero-order valence-corrected chi connectivity index (χ0v) is 16.9. The average Bonchev–Trinajstić information content (AvgIpc) is 2.26. The van der Waals surface area contributed by atoms with Gasteiger partial charge in [-0.1, -0.05) is 12.1 Å². The predicted molar refractivity (Wildman–Crippen MR) is 64.3 cm³/mol. The summed E-state index contributed by atoms with van der Waals surface area (Å²) in [6.07, 6.45) is 0. The van der Waals surface area contributed by atoms with Crippen molar-refractivity contribution in [2.75, 3.05) is 5.73 Å². The quantitative estimate of drug-likeness (QED) is 0.324. The minimum atomic E-state index is -4.94. The molecule has 2 rings (SSSR count). The minimum Gasteiger partial charge on any atom is -0.744 e. The second-order valence-corrected chi connectivity index (χ2v) is 6.44. The molecule has 102 valence electrons. The molecule has 0 amide bonds. The monoisotopic (exact) mass is 347 g/mol. The predicted octanol–water partition coefficient (Wildman–Crippen LogP) is -5.76. The van der Waals surface area contributed by atoms with Crippen LogP contribution >= 0.6 is 0 Å². The van der Waals surface area contributed by atoms with Gasteiger partial charge in [0.1, 0.15) is 20.2 Å². The molecule has 2 aromatic carbocycles. The summed E-state index contributed by atoms with van der Waals surface area (Å²) in [5.41, 5.74) is 5.65. The fourth-order valence-electron chi connectivity index (χ4n) is 1.78. The molecule has 0 atom stereocenters. The first kappa shape index (κ1) is 21.3. The molecule has 21 heavy (non-hydrogen) atoms. The van der Waals surface area contributed by atoms with Crippen molar-refractivity contribution in [1.82, 2.24) is 0 Å². The number of nitrogen functional groups attached to an aromatic ring is 1. The van der Waals surface area contributed by atoms with E-state index in [1.54, 1.807) is 0 Å². The normalized spacial score (nSPS) is 11.5. The molecule has 7 nitrogen and oxygen atoms in total. The third-order valence-corrected chi connectivity index (χ3v) is 4.29. The molecular weight excluding hydrogens is 340 g/mol. The molecular formula is C10H7NNa2O6S2. The Bertz CT molecular complexity index is 842. The van der Waals surface area contributed by atoms with E-state index in [2.05, 4.69) is 0 Å². The van der Waals surface area contributed by atoms with Crippen LogP contribution in [0.3, 0.4) is 0 Å². The molecule has 0 spiro atoms. The summed E-state index contributed by atoms with van der Waals surface area (Å²) in [5.74, 6) is 0. The number of hydrogen-bond acceptors (Lipinski definition) is 7. The number of benzene rings is 2. The van der Waals surface area contributed by atoms with Crippen molar-refractivity contribution < 1.29 is 85.1 Å². The van der Waals surface area contributed by atoms with Gasteiger partial charge in [-0.2, -0.15) is 0 Å². The van der Waals surface area contributed by atoms with Crippen molar-refractivity contribution in [1.29, 1.82) is 0 Å². The molecule has 0 aliphatic rings. The van der Waals surface area contributed by atoms with Crippen molar-refractivity contribution in [3.63, 3.8) is 0 Å². The summed E-state index contributed by atoms with van der Waals surface area (Å²) >= 11 is 0. The van der Waals surface area contributed by atoms with Gasteiger partial charge in [0.15, 0.2) is 0 Å². The fourth-order valence-corrected chi connectivity index (χ4v) is 3.27. The Kier molecular flexibility index (Phi) is 7.37. The summed E-state index contributed by atoms with van der Waals surface area (Å²) in [7, 11) is -9.88. The van der Waals surface area contributed by atoms with Crippen molar-refractivity contribution in [3.05, 3.63) is 30.3 Å². The van der Waals surface area contributed by atoms with E-state index < -0.39 is 35.4 Å². The molecule has 0 saturated heterocycles. The summed E-state index contributed by atoms with van der Waals surface area (Å²) in [5, 5.41) is -0.443. The molecule has 0 heterocycles. The smallest absolute Gasteiger partial charge is 0.744 e. The maximum absolute atomic E-state index is 11.1. The zero-order chi connectivity index (χ0) is 14.4. The summed E-state index contributed by atoms with van der Waals surface area (Å²) in [6.45, 7) is 0. The second kappa shape index (κ2) is 7.26. The number of rotatable bonds is 2. The Morgan fingerprint density at radius 1 is 0.810 bits per heavy atom. The molecule has 0 saturated carbocycles. The Morgan fingerprint density at radius 3 is 1.76 bits per heavy atom. The largest absolute Gasteiger partial charge is 1.00 e. The first-order valence-corrected chi connectivity index (χ1v) is 7.67. The minimum absolute atomic E-state index is 0. The molecule has 0 radical (unpaired) electrons. The molecule has 2 N–H and O–H groups in total. The van der Waals surface area contributed by atoms with Gasteiger partial charge < -0.3 is 14.8 Å². The molecule has 0 bridgehead atoms. The van der Waals surface area contributed by atoms with E-state index in [1.807, 2.05) is 0 Å². The van der Waals surface area contributed by atoms with E-state index in [4.69, 9.17) is 5.73 Å². The third kappa shape index (κ3) is 4.41. The standard InChI is InChI=1S/C10H9NO6S2.2Na/c11-7-4-5-9(19(15,16)17)10-6(7)2-1-3-8(10)18(12,13)14;;/h1-5H,11H2,(H,12,13,14)(H,15,16,17);;/q;2*+1/p-2. The van der Waals surface area contributed by atoms with E-state index in [0.29, 0.717) is 0 Å². The Morgan fingerprint density at radius 2 is 1.29 bits per heavy atom. The number of anilines is 1.